The lowest BCUT2D eigenvalue weighted by atomic mass is 10.3. The third-order valence-corrected chi connectivity index (χ3v) is 3.84. The first kappa shape index (κ1) is 22.5. The van der Waals surface area contributed by atoms with E-state index >= 15 is 0 Å². The van der Waals surface area contributed by atoms with E-state index in [-0.39, 0.29) is 12.5 Å². The Morgan fingerprint density at radius 1 is 0.862 bits per heavy atom. The molecule has 2 rings (SSSR count). The number of carbonyl (C=O) groups is 1. The molecule has 158 valence electrons. The Bertz CT molecular complexity index is 739. The molecule has 0 aliphatic rings. The van der Waals surface area contributed by atoms with Crippen molar-refractivity contribution in [1.82, 2.24) is 0 Å². The summed E-state index contributed by atoms with van der Waals surface area (Å²) in [5.41, 5.74) is 1.43. The normalized spacial score (nSPS) is 10.4. The molecule has 0 spiro atoms. The maximum absolute atomic E-state index is 12.3. The Morgan fingerprint density at radius 3 is 2.34 bits per heavy atom. The van der Waals surface area contributed by atoms with Gasteiger partial charge in [-0.15, -0.1) is 0 Å². The second kappa shape index (κ2) is 13.4. The maximum atomic E-state index is 12.3. The SMILES string of the molecule is CCOCCOc1cccc(NCC(=O)Nc2ccccc2OCCOCC)c1. The first-order valence-electron chi connectivity index (χ1n) is 9.86. The summed E-state index contributed by atoms with van der Waals surface area (Å²) in [5.74, 6) is 1.17. The zero-order valence-electron chi connectivity index (χ0n) is 17.1. The predicted molar refractivity (Wildman–Crippen MR) is 114 cm³/mol. The highest BCUT2D eigenvalue weighted by Gasteiger charge is 2.08. The number of amides is 1. The fraction of sp³-hybridized carbons (Fsp3) is 0.409. The minimum Gasteiger partial charge on any atom is -0.491 e. The van der Waals surface area contributed by atoms with Gasteiger partial charge in [-0.3, -0.25) is 4.79 Å². The highest BCUT2D eigenvalue weighted by molar-refractivity contribution is 5.95. The highest BCUT2D eigenvalue weighted by Crippen LogP contribution is 2.23. The summed E-state index contributed by atoms with van der Waals surface area (Å²) in [7, 11) is 0. The van der Waals surface area contributed by atoms with Crippen molar-refractivity contribution in [2.75, 3.05) is 56.8 Å². The number of para-hydroxylation sites is 2. The van der Waals surface area contributed by atoms with Crippen LogP contribution < -0.4 is 20.1 Å². The summed E-state index contributed by atoms with van der Waals surface area (Å²) in [4.78, 5) is 12.3. The van der Waals surface area contributed by atoms with Crippen molar-refractivity contribution in [2.24, 2.45) is 0 Å². The molecule has 0 saturated heterocycles. The van der Waals surface area contributed by atoms with Crippen molar-refractivity contribution in [1.29, 1.82) is 0 Å². The van der Waals surface area contributed by atoms with Crippen LogP contribution in [0.5, 0.6) is 11.5 Å². The van der Waals surface area contributed by atoms with Gasteiger partial charge in [0, 0.05) is 25.0 Å². The molecule has 0 aliphatic carbocycles. The molecule has 2 aromatic carbocycles. The molecule has 0 bridgehead atoms. The second-order valence-electron chi connectivity index (χ2n) is 6.02. The molecule has 1 amide bonds. The van der Waals surface area contributed by atoms with Gasteiger partial charge in [-0.1, -0.05) is 18.2 Å². The number of hydrogen-bond donors (Lipinski definition) is 2. The van der Waals surface area contributed by atoms with Crippen LogP contribution in [0.4, 0.5) is 11.4 Å². The number of rotatable bonds is 14. The largest absolute Gasteiger partial charge is 0.491 e. The smallest absolute Gasteiger partial charge is 0.243 e. The number of anilines is 2. The topological polar surface area (TPSA) is 78.1 Å². The van der Waals surface area contributed by atoms with Gasteiger partial charge >= 0.3 is 0 Å². The lowest BCUT2D eigenvalue weighted by Gasteiger charge is -2.13. The summed E-state index contributed by atoms with van der Waals surface area (Å²) < 4.78 is 21.8. The van der Waals surface area contributed by atoms with Crippen LogP contribution in [0.2, 0.25) is 0 Å². The Balaban J connectivity index is 1.81. The molecule has 0 atom stereocenters. The monoisotopic (exact) mass is 402 g/mol. The molecule has 0 aromatic heterocycles. The van der Waals surface area contributed by atoms with Crippen LogP contribution in [-0.2, 0) is 14.3 Å². The van der Waals surface area contributed by atoms with Crippen molar-refractivity contribution >= 4 is 17.3 Å². The van der Waals surface area contributed by atoms with Crippen LogP contribution in [0, 0.1) is 0 Å². The fourth-order valence-corrected chi connectivity index (χ4v) is 2.49. The lowest BCUT2D eigenvalue weighted by Crippen LogP contribution is -2.22. The van der Waals surface area contributed by atoms with Crippen molar-refractivity contribution in [3.63, 3.8) is 0 Å². The van der Waals surface area contributed by atoms with Crippen molar-refractivity contribution in [3.8, 4) is 11.5 Å². The van der Waals surface area contributed by atoms with Crippen LogP contribution >= 0.6 is 0 Å². The van der Waals surface area contributed by atoms with E-state index in [2.05, 4.69) is 10.6 Å². The van der Waals surface area contributed by atoms with Gasteiger partial charge in [-0.25, -0.2) is 0 Å². The number of ether oxygens (including phenoxy) is 4. The predicted octanol–water partition coefficient (Wildman–Crippen LogP) is 3.57. The van der Waals surface area contributed by atoms with E-state index in [0.29, 0.717) is 51.1 Å². The van der Waals surface area contributed by atoms with E-state index in [4.69, 9.17) is 18.9 Å². The number of carbonyl (C=O) groups excluding carboxylic acids is 1. The average Bonchev–Trinajstić information content (AvgIpc) is 2.74. The number of nitrogens with one attached hydrogen (secondary N) is 2. The molecular weight excluding hydrogens is 372 g/mol. The Morgan fingerprint density at radius 2 is 1.59 bits per heavy atom. The zero-order valence-corrected chi connectivity index (χ0v) is 17.1. The number of benzene rings is 2. The molecule has 2 N–H and O–H groups in total. The molecule has 0 aliphatic heterocycles. The number of hydrogen-bond acceptors (Lipinski definition) is 6. The van der Waals surface area contributed by atoms with Crippen molar-refractivity contribution in [3.05, 3.63) is 48.5 Å². The van der Waals surface area contributed by atoms with Crippen molar-refractivity contribution < 1.29 is 23.7 Å². The molecule has 2 aromatic rings. The Hall–Kier alpha value is -2.77. The molecule has 7 nitrogen and oxygen atoms in total. The summed E-state index contributed by atoms with van der Waals surface area (Å²) in [6, 6.07) is 14.8. The molecule has 0 fully saturated rings. The van der Waals surface area contributed by atoms with Gasteiger partial charge in [0.05, 0.1) is 25.4 Å². The van der Waals surface area contributed by atoms with E-state index in [9.17, 15) is 4.79 Å². The minimum atomic E-state index is -0.173. The lowest BCUT2D eigenvalue weighted by molar-refractivity contribution is -0.114. The van der Waals surface area contributed by atoms with E-state index in [1.807, 2.05) is 56.3 Å². The van der Waals surface area contributed by atoms with Crippen LogP contribution in [0.15, 0.2) is 48.5 Å². The molecular formula is C22H30N2O5. The van der Waals surface area contributed by atoms with Gasteiger partial charge in [0.1, 0.15) is 24.7 Å². The van der Waals surface area contributed by atoms with Gasteiger partial charge in [0.15, 0.2) is 0 Å². The van der Waals surface area contributed by atoms with Crippen LogP contribution in [0.25, 0.3) is 0 Å². The minimum absolute atomic E-state index is 0.121. The van der Waals surface area contributed by atoms with E-state index in [1.54, 1.807) is 6.07 Å². The van der Waals surface area contributed by atoms with E-state index in [0.717, 1.165) is 11.4 Å². The Labute approximate surface area is 172 Å². The summed E-state index contributed by atoms with van der Waals surface area (Å²) >= 11 is 0. The van der Waals surface area contributed by atoms with Gasteiger partial charge < -0.3 is 29.6 Å². The summed E-state index contributed by atoms with van der Waals surface area (Å²) in [6.45, 7) is 7.27. The summed E-state index contributed by atoms with van der Waals surface area (Å²) in [5, 5.41) is 5.97. The van der Waals surface area contributed by atoms with Crippen LogP contribution in [0.1, 0.15) is 13.8 Å². The molecule has 29 heavy (non-hydrogen) atoms. The molecule has 7 heteroatoms. The standard InChI is InChI=1S/C22H30N2O5/c1-3-26-12-14-28-19-9-7-8-18(16-19)23-17-22(25)24-20-10-5-6-11-21(20)29-15-13-27-4-2/h5-11,16,23H,3-4,12-15,17H2,1-2H3,(H,24,25). The summed E-state index contributed by atoms with van der Waals surface area (Å²) in [6.07, 6.45) is 0. The third-order valence-electron chi connectivity index (χ3n) is 3.84. The molecule has 0 unspecified atom stereocenters. The van der Waals surface area contributed by atoms with E-state index in [1.165, 1.54) is 0 Å². The Kier molecular flexibility index (Phi) is 10.4. The zero-order chi connectivity index (χ0) is 20.7. The maximum Gasteiger partial charge on any atom is 0.243 e. The first-order chi connectivity index (χ1) is 14.2. The fourth-order valence-electron chi connectivity index (χ4n) is 2.49. The van der Waals surface area contributed by atoms with Gasteiger partial charge in [-0.05, 0) is 38.1 Å². The second-order valence-corrected chi connectivity index (χ2v) is 6.02. The average molecular weight is 402 g/mol. The highest BCUT2D eigenvalue weighted by atomic mass is 16.5. The van der Waals surface area contributed by atoms with Crippen molar-refractivity contribution in [2.45, 2.75) is 13.8 Å². The third kappa shape index (κ3) is 8.85. The van der Waals surface area contributed by atoms with Gasteiger partial charge in [0.25, 0.3) is 0 Å². The van der Waals surface area contributed by atoms with Crippen LogP contribution in [-0.4, -0.2) is 52.1 Å². The molecule has 0 heterocycles. The quantitative estimate of drug-likeness (QED) is 0.471. The van der Waals surface area contributed by atoms with Gasteiger partial charge in [0.2, 0.25) is 5.91 Å². The molecule has 0 saturated carbocycles. The molecule has 0 radical (unpaired) electrons. The van der Waals surface area contributed by atoms with E-state index < -0.39 is 0 Å². The van der Waals surface area contributed by atoms with Crippen LogP contribution in [0.3, 0.4) is 0 Å². The first-order valence-corrected chi connectivity index (χ1v) is 9.86. The van der Waals surface area contributed by atoms with Gasteiger partial charge in [-0.2, -0.15) is 0 Å².